The van der Waals surface area contributed by atoms with E-state index in [0.717, 1.165) is 18.4 Å². The first-order valence-electron chi connectivity index (χ1n) is 15.0. The van der Waals surface area contributed by atoms with E-state index in [1.54, 1.807) is 12.2 Å². The molecule has 0 bridgehead atoms. The summed E-state index contributed by atoms with van der Waals surface area (Å²) < 4.78 is 15.8. The summed E-state index contributed by atoms with van der Waals surface area (Å²) in [6, 6.07) is 8.92. The van der Waals surface area contributed by atoms with Gasteiger partial charge in [-0.1, -0.05) is 42.5 Å². The zero-order chi connectivity index (χ0) is 31.5. The van der Waals surface area contributed by atoms with Crippen molar-refractivity contribution < 1.29 is 38.5 Å². The highest BCUT2D eigenvalue weighted by Crippen LogP contribution is 2.12. The number of rotatable bonds is 25. The lowest BCUT2D eigenvalue weighted by molar-refractivity contribution is -0.145. The summed E-state index contributed by atoms with van der Waals surface area (Å²) in [4.78, 5) is 49.8. The molecule has 11 nitrogen and oxygen atoms in total. The van der Waals surface area contributed by atoms with Crippen molar-refractivity contribution in [1.82, 2.24) is 16.0 Å². The van der Waals surface area contributed by atoms with E-state index < -0.39 is 18.1 Å². The third kappa shape index (κ3) is 19.9. The molecule has 0 aliphatic carbocycles. The SMILES string of the molecule is C=CCCCCC(=O)OCC(CCCCNC(=O)OCc1ccccc1)NC(=O)C(CC=C)CC(=O)NCCOCCO. The molecule has 0 aliphatic heterocycles. The lowest BCUT2D eigenvalue weighted by Gasteiger charge is -2.22. The monoisotopic (exact) mass is 603 g/mol. The molecule has 0 heterocycles. The van der Waals surface area contributed by atoms with E-state index in [-0.39, 0.29) is 70.2 Å². The average molecular weight is 604 g/mol. The number of nitrogens with one attached hydrogen (secondary N) is 3. The van der Waals surface area contributed by atoms with E-state index in [1.165, 1.54) is 0 Å². The standard InChI is InChI=1S/C32H49N3O8/c1-3-5-6-10-17-30(38)42-25-28(16-11-12-18-34-32(40)43-24-26-14-8-7-9-15-26)35-31(39)27(13-4-2)23-29(37)33-19-21-41-22-20-36/h3-4,7-9,14-15,27-28,36H,1-2,5-6,10-13,16-25H2,(H,33,37)(H,34,40)(H,35,39). The highest BCUT2D eigenvalue weighted by molar-refractivity contribution is 5.86. The van der Waals surface area contributed by atoms with E-state index in [9.17, 15) is 19.2 Å². The molecule has 240 valence electrons. The van der Waals surface area contributed by atoms with Crippen LogP contribution in [-0.2, 0) is 35.2 Å². The number of esters is 1. The fourth-order valence-corrected chi connectivity index (χ4v) is 4.03. The van der Waals surface area contributed by atoms with Crippen LogP contribution in [0.15, 0.2) is 55.6 Å². The summed E-state index contributed by atoms with van der Waals surface area (Å²) >= 11 is 0. The number of carbonyl (C=O) groups excluding carboxylic acids is 4. The van der Waals surface area contributed by atoms with E-state index in [0.29, 0.717) is 38.6 Å². The predicted molar refractivity (Wildman–Crippen MR) is 164 cm³/mol. The maximum atomic E-state index is 13.1. The fourth-order valence-electron chi connectivity index (χ4n) is 4.03. The normalized spacial score (nSPS) is 11.9. The molecule has 2 atom stereocenters. The molecule has 0 radical (unpaired) electrons. The minimum Gasteiger partial charge on any atom is -0.463 e. The lowest BCUT2D eigenvalue weighted by Crippen LogP contribution is -2.43. The van der Waals surface area contributed by atoms with Crippen LogP contribution in [0.4, 0.5) is 4.79 Å². The summed E-state index contributed by atoms with van der Waals surface area (Å²) in [5, 5.41) is 17.1. The third-order valence-corrected chi connectivity index (χ3v) is 6.35. The van der Waals surface area contributed by atoms with Gasteiger partial charge in [0.1, 0.15) is 13.2 Å². The van der Waals surface area contributed by atoms with Crippen LogP contribution in [0.3, 0.4) is 0 Å². The van der Waals surface area contributed by atoms with Gasteiger partial charge in [0.05, 0.1) is 31.8 Å². The highest BCUT2D eigenvalue weighted by Gasteiger charge is 2.24. The van der Waals surface area contributed by atoms with Crippen LogP contribution in [-0.4, -0.2) is 74.5 Å². The number of carbonyl (C=O) groups is 4. The number of alkyl carbamates (subject to hydrolysis) is 1. The number of benzene rings is 1. The second-order valence-corrected chi connectivity index (χ2v) is 10.0. The summed E-state index contributed by atoms with van der Waals surface area (Å²) in [6.45, 7) is 8.57. The molecule has 0 fully saturated rings. The van der Waals surface area contributed by atoms with Crippen LogP contribution in [0.1, 0.15) is 63.4 Å². The number of hydrogen-bond acceptors (Lipinski definition) is 8. The molecule has 1 aromatic rings. The smallest absolute Gasteiger partial charge is 0.407 e. The second-order valence-electron chi connectivity index (χ2n) is 10.0. The molecule has 0 spiro atoms. The number of aliphatic hydroxyl groups excluding tert-OH is 1. The topological polar surface area (TPSA) is 152 Å². The van der Waals surface area contributed by atoms with E-state index in [2.05, 4.69) is 29.1 Å². The number of amides is 3. The maximum absolute atomic E-state index is 13.1. The van der Waals surface area contributed by atoms with Crippen LogP contribution in [0.25, 0.3) is 0 Å². The van der Waals surface area contributed by atoms with Crippen LogP contribution in [0.5, 0.6) is 0 Å². The van der Waals surface area contributed by atoms with Crippen LogP contribution in [0.2, 0.25) is 0 Å². The molecule has 0 aromatic heterocycles. The van der Waals surface area contributed by atoms with Gasteiger partial charge in [-0.15, -0.1) is 13.2 Å². The van der Waals surface area contributed by atoms with E-state index in [1.807, 2.05) is 30.3 Å². The number of aliphatic hydroxyl groups is 1. The van der Waals surface area contributed by atoms with Crippen molar-refractivity contribution in [2.24, 2.45) is 5.92 Å². The lowest BCUT2D eigenvalue weighted by atomic mass is 9.98. The molecule has 2 unspecified atom stereocenters. The molecule has 1 aromatic carbocycles. The quantitative estimate of drug-likeness (QED) is 0.0752. The van der Waals surface area contributed by atoms with Crippen LogP contribution >= 0.6 is 0 Å². The Bertz CT molecular complexity index is 957. The first-order chi connectivity index (χ1) is 20.9. The number of ether oxygens (including phenoxy) is 3. The Hall–Kier alpha value is -3.70. The zero-order valence-electron chi connectivity index (χ0n) is 25.2. The molecular weight excluding hydrogens is 554 g/mol. The van der Waals surface area contributed by atoms with E-state index >= 15 is 0 Å². The Morgan fingerprint density at radius 3 is 2.42 bits per heavy atom. The summed E-state index contributed by atoms with van der Waals surface area (Å²) in [6.07, 6.45) is 7.55. The van der Waals surface area contributed by atoms with Crippen molar-refractivity contribution in [2.75, 3.05) is 39.5 Å². The maximum Gasteiger partial charge on any atom is 0.407 e. The van der Waals surface area contributed by atoms with Crippen molar-refractivity contribution >= 4 is 23.9 Å². The number of allylic oxidation sites excluding steroid dienone is 2. The third-order valence-electron chi connectivity index (χ3n) is 6.35. The van der Waals surface area contributed by atoms with Crippen molar-refractivity contribution in [3.05, 3.63) is 61.2 Å². The van der Waals surface area contributed by atoms with E-state index in [4.69, 9.17) is 19.3 Å². The molecule has 11 heteroatoms. The molecule has 4 N–H and O–H groups in total. The van der Waals surface area contributed by atoms with Gasteiger partial charge in [0.15, 0.2) is 0 Å². The molecule has 1 rings (SSSR count). The highest BCUT2D eigenvalue weighted by atomic mass is 16.5. The Morgan fingerprint density at radius 2 is 1.70 bits per heavy atom. The van der Waals surface area contributed by atoms with Crippen molar-refractivity contribution in [3.63, 3.8) is 0 Å². The van der Waals surface area contributed by atoms with Gasteiger partial charge in [0.25, 0.3) is 0 Å². The van der Waals surface area contributed by atoms with Crippen LogP contribution in [0, 0.1) is 5.92 Å². The molecule has 43 heavy (non-hydrogen) atoms. The molecule has 0 saturated heterocycles. The minimum absolute atomic E-state index is 0.00772. The Balaban J connectivity index is 2.58. The molecule has 3 amide bonds. The molecular formula is C32H49N3O8. The van der Waals surface area contributed by atoms with Crippen molar-refractivity contribution in [3.8, 4) is 0 Å². The predicted octanol–water partition coefficient (Wildman–Crippen LogP) is 3.57. The minimum atomic E-state index is -0.644. The van der Waals surface area contributed by atoms with Gasteiger partial charge < -0.3 is 35.3 Å². The van der Waals surface area contributed by atoms with Gasteiger partial charge in [-0.2, -0.15) is 0 Å². The summed E-state index contributed by atoms with van der Waals surface area (Å²) in [5.74, 6) is -1.62. The zero-order valence-corrected chi connectivity index (χ0v) is 25.2. The van der Waals surface area contributed by atoms with Gasteiger partial charge >= 0.3 is 12.1 Å². The van der Waals surface area contributed by atoms with Gasteiger partial charge in [-0.3, -0.25) is 14.4 Å². The Labute approximate surface area is 255 Å². The van der Waals surface area contributed by atoms with Gasteiger partial charge in [0, 0.05) is 25.9 Å². The molecule has 0 saturated carbocycles. The Kier molecular flexibility index (Phi) is 21.6. The summed E-state index contributed by atoms with van der Waals surface area (Å²) in [5.41, 5.74) is 0.894. The van der Waals surface area contributed by atoms with Gasteiger partial charge in [-0.05, 0) is 50.5 Å². The number of hydrogen-bond donors (Lipinski definition) is 4. The second kappa shape index (κ2) is 24.9. The average Bonchev–Trinajstić information content (AvgIpc) is 3.00. The summed E-state index contributed by atoms with van der Waals surface area (Å²) in [7, 11) is 0. The van der Waals surface area contributed by atoms with Gasteiger partial charge in [-0.25, -0.2) is 4.79 Å². The Morgan fingerprint density at radius 1 is 0.907 bits per heavy atom. The first kappa shape index (κ1) is 37.3. The number of unbranched alkanes of at least 4 members (excludes halogenated alkanes) is 3. The largest absolute Gasteiger partial charge is 0.463 e. The van der Waals surface area contributed by atoms with Crippen molar-refractivity contribution in [1.29, 1.82) is 0 Å². The fraction of sp³-hybridized carbons (Fsp3) is 0.562. The van der Waals surface area contributed by atoms with Crippen LogP contribution < -0.4 is 16.0 Å². The molecule has 0 aliphatic rings. The van der Waals surface area contributed by atoms with Crippen molar-refractivity contribution in [2.45, 2.75) is 70.4 Å². The van der Waals surface area contributed by atoms with Gasteiger partial charge in [0.2, 0.25) is 11.8 Å². The first-order valence-corrected chi connectivity index (χ1v) is 15.0.